The van der Waals surface area contributed by atoms with Crippen molar-refractivity contribution in [1.29, 1.82) is 0 Å². The maximum Gasteiger partial charge on any atom is 0.0640 e. The Balaban J connectivity index is 2.52. The van der Waals surface area contributed by atoms with Crippen LogP contribution in [0.1, 0.15) is 25.2 Å². The highest BCUT2D eigenvalue weighted by Gasteiger charge is 2.09. The first-order valence-corrected chi connectivity index (χ1v) is 4.36. The second-order valence-corrected chi connectivity index (χ2v) is 3.65. The van der Waals surface area contributed by atoms with E-state index in [0.717, 1.165) is 17.8 Å². The summed E-state index contributed by atoms with van der Waals surface area (Å²) in [6, 6.07) is 2.26. The molecule has 0 bridgehead atoms. The van der Waals surface area contributed by atoms with E-state index in [0.29, 0.717) is 5.92 Å². The van der Waals surface area contributed by atoms with E-state index in [1.54, 1.807) is 0 Å². The van der Waals surface area contributed by atoms with Gasteiger partial charge in [0.2, 0.25) is 0 Å². The lowest BCUT2D eigenvalue weighted by molar-refractivity contribution is 0.486. The Morgan fingerprint density at radius 3 is 2.67 bits per heavy atom. The van der Waals surface area contributed by atoms with Gasteiger partial charge in [-0.05, 0) is 18.9 Å². The largest absolute Gasteiger partial charge is 0.327 e. The minimum absolute atomic E-state index is 0.215. The van der Waals surface area contributed by atoms with Crippen molar-refractivity contribution >= 4 is 0 Å². The van der Waals surface area contributed by atoms with Crippen LogP contribution in [-0.2, 0) is 6.42 Å². The Morgan fingerprint density at radius 1 is 1.58 bits per heavy atom. The van der Waals surface area contributed by atoms with E-state index in [1.165, 1.54) is 0 Å². The third-order valence-corrected chi connectivity index (χ3v) is 2.06. The molecule has 1 heterocycles. The number of hydrogen-bond donors (Lipinski definition) is 2. The Morgan fingerprint density at radius 2 is 2.25 bits per heavy atom. The molecule has 0 aliphatic carbocycles. The minimum Gasteiger partial charge on any atom is -0.327 e. The van der Waals surface area contributed by atoms with Gasteiger partial charge in [0, 0.05) is 18.2 Å². The smallest absolute Gasteiger partial charge is 0.0640 e. The molecule has 3 heteroatoms. The number of nitrogens with two attached hydrogens (primary N) is 1. The van der Waals surface area contributed by atoms with Gasteiger partial charge in [-0.25, -0.2) is 0 Å². The van der Waals surface area contributed by atoms with Crippen molar-refractivity contribution in [2.75, 3.05) is 0 Å². The molecule has 1 aromatic rings. The molecule has 3 nitrogen and oxygen atoms in total. The molecule has 0 aliphatic rings. The van der Waals surface area contributed by atoms with E-state index in [1.807, 2.05) is 13.0 Å². The Hall–Kier alpha value is -0.830. The summed E-state index contributed by atoms with van der Waals surface area (Å²) in [5, 5.41) is 7.04. The van der Waals surface area contributed by atoms with Gasteiger partial charge in [0.15, 0.2) is 0 Å². The van der Waals surface area contributed by atoms with Crippen molar-refractivity contribution in [3.05, 3.63) is 17.5 Å². The zero-order valence-corrected chi connectivity index (χ0v) is 7.96. The Labute approximate surface area is 73.4 Å². The predicted molar refractivity (Wildman–Crippen MR) is 49.8 cm³/mol. The number of aryl methyl sites for hydroxylation is 1. The normalized spacial score (nSPS) is 13.8. The zero-order valence-electron chi connectivity index (χ0n) is 7.96. The number of aromatic amines is 1. The van der Waals surface area contributed by atoms with Gasteiger partial charge in [0.05, 0.1) is 5.69 Å². The standard InChI is InChI=1S/C9H17N3/c1-6(2)9(10)5-8-4-7(3)11-12-8/h4,6,9H,5,10H2,1-3H3,(H,11,12). The fourth-order valence-corrected chi connectivity index (χ4v) is 1.06. The van der Waals surface area contributed by atoms with E-state index < -0.39 is 0 Å². The van der Waals surface area contributed by atoms with Gasteiger partial charge in [-0.3, -0.25) is 5.10 Å². The Kier molecular flexibility index (Phi) is 2.87. The summed E-state index contributed by atoms with van der Waals surface area (Å²) in [4.78, 5) is 0. The van der Waals surface area contributed by atoms with Crippen LogP contribution in [0.5, 0.6) is 0 Å². The topological polar surface area (TPSA) is 54.7 Å². The molecule has 0 aliphatic heterocycles. The van der Waals surface area contributed by atoms with Crippen molar-refractivity contribution in [2.24, 2.45) is 11.7 Å². The molecule has 0 amide bonds. The number of rotatable bonds is 3. The van der Waals surface area contributed by atoms with Gasteiger partial charge in [0.1, 0.15) is 0 Å². The third kappa shape index (κ3) is 2.34. The van der Waals surface area contributed by atoms with Gasteiger partial charge >= 0.3 is 0 Å². The van der Waals surface area contributed by atoms with Crippen LogP contribution in [0, 0.1) is 12.8 Å². The number of nitrogens with zero attached hydrogens (tertiary/aromatic N) is 1. The SMILES string of the molecule is Cc1cc(CC(N)C(C)C)n[nH]1. The Bertz CT molecular complexity index is 240. The molecule has 0 saturated carbocycles. The highest BCUT2D eigenvalue weighted by Crippen LogP contribution is 2.06. The summed E-state index contributed by atoms with van der Waals surface area (Å²) in [6.45, 7) is 6.26. The molecule has 0 spiro atoms. The lowest BCUT2D eigenvalue weighted by atomic mass is 10.0. The number of nitrogens with one attached hydrogen (secondary N) is 1. The maximum absolute atomic E-state index is 5.90. The summed E-state index contributed by atoms with van der Waals surface area (Å²) in [5.74, 6) is 0.516. The summed E-state index contributed by atoms with van der Waals surface area (Å²) >= 11 is 0. The van der Waals surface area contributed by atoms with Crippen molar-refractivity contribution < 1.29 is 0 Å². The first-order chi connectivity index (χ1) is 5.59. The van der Waals surface area contributed by atoms with Crippen molar-refractivity contribution in [3.8, 4) is 0 Å². The molecule has 12 heavy (non-hydrogen) atoms. The number of aromatic nitrogens is 2. The van der Waals surface area contributed by atoms with Crippen LogP contribution in [0.15, 0.2) is 6.07 Å². The van der Waals surface area contributed by atoms with Gasteiger partial charge in [-0.15, -0.1) is 0 Å². The van der Waals surface area contributed by atoms with E-state index in [-0.39, 0.29) is 6.04 Å². The second kappa shape index (κ2) is 3.72. The number of H-pyrrole nitrogens is 1. The van der Waals surface area contributed by atoms with Crippen LogP contribution < -0.4 is 5.73 Å². The maximum atomic E-state index is 5.90. The summed E-state index contributed by atoms with van der Waals surface area (Å²) in [7, 11) is 0. The molecule has 0 aromatic carbocycles. The summed E-state index contributed by atoms with van der Waals surface area (Å²) in [6.07, 6.45) is 0.863. The first-order valence-electron chi connectivity index (χ1n) is 4.36. The molecule has 0 radical (unpaired) electrons. The molecule has 1 aromatic heterocycles. The van der Waals surface area contributed by atoms with Crippen LogP contribution in [0.25, 0.3) is 0 Å². The molecule has 1 unspecified atom stereocenters. The lowest BCUT2D eigenvalue weighted by Gasteiger charge is -2.13. The summed E-state index contributed by atoms with van der Waals surface area (Å²) < 4.78 is 0. The average Bonchev–Trinajstić information content (AvgIpc) is 2.35. The molecule has 0 saturated heterocycles. The fourth-order valence-electron chi connectivity index (χ4n) is 1.06. The van der Waals surface area contributed by atoms with Gasteiger partial charge < -0.3 is 5.73 Å². The lowest BCUT2D eigenvalue weighted by Crippen LogP contribution is -2.28. The zero-order chi connectivity index (χ0) is 9.14. The molecular weight excluding hydrogens is 150 g/mol. The van der Waals surface area contributed by atoms with E-state index in [2.05, 4.69) is 24.0 Å². The highest BCUT2D eigenvalue weighted by molar-refractivity contribution is 5.08. The first kappa shape index (κ1) is 9.26. The predicted octanol–water partition coefficient (Wildman–Crippen LogP) is 1.24. The average molecular weight is 167 g/mol. The van der Waals surface area contributed by atoms with E-state index >= 15 is 0 Å². The third-order valence-electron chi connectivity index (χ3n) is 2.06. The minimum atomic E-state index is 0.215. The van der Waals surface area contributed by atoms with Crippen LogP contribution in [0.4, 0.5) is 0 Å². The molecule has 3 N–H and O–H groups in total. The van der Waals surface area contributed by atoms with E-state index in [4.69, 9.17) is 5.73 Å². The van der Waals surface area contributed by atoms with Crippen LogP contribution >= 0.6 is 0 Å². The molecule has 68 valence electrons. The van der Waals surface area contributed by atoms with Crippen LogP contribution in [0.3, 0.4) is 0 Å². The van der Waals surface area contributed by atoms with Gasteiger partial charge in [0.25, 0.3) is 0 Å². The van der Waals surface area contributed by atoms with Crippen LogP contribution in [-0.4, -0.2) is 16.2 Å². The fraction of sp³-hybridized carbons (Fsp3) is 0.667. The van der Waals surface area contributed by atoms with Crippen molar-refractivity contribution in [2.45, 2.75) is 33.2 Å². The second-order valence-electron chi connectivity index (χ2n) is 3.65. The highest BCUT2D eigenvalue weighted by atomic mass is 15.1. The molecule has 0 fully saturated rings. The molecular formula is C9H17N3. The number of hydrogen-bond acceptors (Lipinski definition) is 2. The molecule has 1 atom stereocenters. The van der Waals surface area contributed by atoms with Gasteiger partial charge in [-0.1, -0.05) is 13.8 Å². The van der Waals surface area contributed by atoms with E-state index in [9.17, 15) is 0 Å². The summed E-state index contributed by atoms with van der Waals surface area (Å²) in [5.41, 5.74) is 8.07. The van der Waals surface area contributed by atoms with Gasteiger partial charge in [-0.2, -0.15) is 5.10 Å². The monoisotopic (exact) mass is 167 g/mol. The molecule has 1 rings (SSSR count). The van der Waals surface area contributed by atoms with Crippen molar-refractivity contribution in [3.63, 3.8) is 0 Å². The van der Waals surface area contributed by atoms with Crippen molar-refractivity contribution in [1.82, 2.24) is 10.2 Å². The quantitative estimate of drug-likeness (QED) is 0.711. The van der Waals surface area contributed by atoms with Crippen LogP contribution in [0.2, 0.25) is 0 Å².